The predicted octanol–water partition coefficient (Wildman–Crippen LogP) is 4.05. The molecule has 0 aliphatic rings. The molecule has 0 radical (unpaired) electrons. The van der Waals surface area contributed by atoms with Crippen molar-refractivity contribution >= 4 is 33.9 Å². The van der Waals surface area contributed by atoms with E-state index in [0.717, 1.165) is 6.07 Å². The minimum absolute atomic E-state index is 0.166. The molecule has 0 fully saturated rings. The molecule has 0 bridgehead atoms. The van der Waals surface area contributed by atoms with Crippen molar-refractivity contribution in [1.29, 1.82) is 0 Å². The van der Waals surface area contributed by atoms with Crippen LogP contribution in [0, 0.1) is 12.7 Å². The number of benzene rings is 2. The van der Waals surface area contributed by atoms with E-state index in [9.17, 15) is 14.0 Å². The number of nitrogens with two attached hydrogens (primary N) is 1. The topological polar surface area (TPSA) is 117 Å². The fraction of sp³-hybridized carbons (Fsp3) is 0.125. The summed E-state index contributed by atoms with van der Waals surface area (Å²) in [6.45, 7) is 3.58. The number of anilines is 1. The normalized spacial score (nSPS) is 12.3. The van der Waals surface area contributed by atoms with Crippen molar-refractivity contribution in [2.45, 2.75) is 19.9 Å². The van der Waals surface area contributed by atoms with Crippen LogP contribution in [0.4, 0.5) is 10.2 Å². The Labute approximate surface area is 186 Å². The number of carbonyl (C=O) groups is 1. The number of nitrogen functional groups attached to an aromatic ring is 1. The van der Waals surface area contributed by atoms with Gasteiger partial charge >= 0.3 is 5.63 Å². The third-order valence-electron chi connectivity index (χ3n) is 5.65. The molecular weight excluding hydrogens is 425 g/mol. The third kappa shape index (κ3) is 3.25. The molecule has 9 heteroatoms. The lowest BCUT2D eigenvalue weighted by atomic mass is 9.95. The molecular formula is C24H18FN5O3. The molecule has 1 unspecified atom stereocenters. The van der Waals surface area contributed by atoms with E-state index in [-0.39, 0.29) is 17.1 Å². The first-order valence-electron chi connectivity index (χ1n) is 10.2. The van der Waals surface area contributed by atoms with E-state index >= 15 is 0 Å². The van der Waals surface area contributed by atoms with Crippen molar-refractivity contribution in [2.75, 3.05) is 5.73 Å². The van der Waals surface area contributed by atoms with Crippen molar-refractivity contribution < 1.29 is 13.6 Å². The van der Waals surface area contributed by atoms with Crippen LogP contribution in [-0.2, 0) is 0 Å². The molecule has 164 valence electrons. The second-order valence-electron chi connectivity index (χ2n) is 7.73. The first kappa shape index (κ1) is 20.5. The quantitative estimate of drug-likeness (QED) is 0.416. The molecule has 0 aliphatic heterocycles. The molecule has 3 heterocycles. The molecule has 3 aromatic heterocycles. The highest BCUT2D eigenvalue weighted by molar-refractivity contribution is 5.97. The van der Waals surface area contributed by atoms with Gasteiger partial charge in [0.15, 0.2) is 5.65 Å². The number of hydrogen-bond acceptors (Lipinski definition) is 7. The summed E-state index contributed by atoms with van der Waals surface area (Å²) in [6, 6.07) is 10.3. The lowest BCUT2D eigenvalue weighted by molar-refractivity contribution is 0.112. The van der Waals surface area contributed by atoms with Crippen LogP contribution in [0.5, 0.6) is 0 Å². The van der Waals surface area contributed by atoms with Crippen LogP contribution in [0.2, 0.25) is 0 Å². The summed E-state index contributed by atoms with van der Waals surface area (Å²) in [5, 5.41) is 6.08. The average molecular weight is 443 g/mol. The monoisotopic (exact) mass is 443 g/mol. The van der Waals surface area contributed by atoms with Gasteiger partial charge in [0, 0.05) is 16.5 Å². The Morgan fingerprint density at radius 3 is 2.67 bits per heavy atom. The number of fused-ring (bicyclic) bond motifs is 2. The van der Waals surface area contributed by atoms with Gasteiger partial charge in [0.05, 0.1) is 16.5 Å². The third-order valence-corrected chi connectivity index (χ3v) is 5.65. The van der Waals surface area contributed by atoms with Crippen molar-refractivity contribution in [3.8, 4) is 11.1 Å². The smallest absolute Gasteiger partial charge is 0.343 e. The summed E-state index contributed by atoms with van der Waals surface area (Å²) in [5.41, 5.74) is 7.64. The summed E-state index contributed by atoms with van der Waals surface area (Å²) < 4.78 is 21.8. The Bertz CT molecular complexity index is 1620. The number of rotatable bonds is 4. The fourth-order valence-electron chi connectivity index (χ4n) is 4.18. The summed E-state index contributed by atoms with van der Waals surface area (Å²) in [4.78, 5) is 32.6. The van der Waals surface area contributed by atoms with Crippen LogP contribution < -0.4 is 11.4 Å². The zero-order valence-electron chi connectivity index (χ0n) is 17.7. The number of nitrogens with zero attached hydrogens (tertiary/aromatic N) is 4. The van der Waals surface area contributed by atoms with Crippen molar-refractivity contribution in [3.63, 3.8) is 0 Å². The van der Waals surface area contributed by atoms with E-state index in [2.05, 4.69) is 15.1 Å². The number of aryl methyl sites for hydroxylation is 1. The molecule has 2 N–H and O–H groups in total. The standard InChI is InChI=1S/C24H18FN5O3/c1-12-19-22(26)27-11-28-23(19)30(29-12)13(2)21-20(15-7-14(10-31)8-16(25)9-15)17-5-3-4-6-18(17)24(32)33-21/h3-11,13H,1-2H3,(H2,26,27,28). The first-order valence-corrected chi connectivity index (χ1v) is 10.2. The highest BCUT2D eigenvalue weighted by atomic mass is 19.1. The van der Waals surface area contributed by atoms with Gasteiger partial charge in [-0.2, -0.15) is 5.10 Å². The summed E-state index contributed by atoms with van der Waals surface area (Å²) in [7, 11) is 0. The molecule has 0 saturated heterocycles. The van der Waals surface area contributed by atoms with Crippen LogP contribution in [0.25, 0.3) is 32.9 Å². The molecule has 33 heavy (non-hydrogen) atoms. The molecule has 0 aliphatic carbocycles. The molecule has 0 amide bonds. The van der Waals surface area contributed by atoms with Gasteiger partial charge < -0.3 is 10.2 Å². The predicted molar refractivity (Wildman–Crippen MR) is 122 cm³/mol. The minimum Gasteiger partial charge on any atom is -0.424 e. The number of aromatic nitrogens is 4. The number of halogens is 1. The highest BCUT2D eigenvalue weighted by Crippen LogP contribution is 2.37. The Morgan fingerprint density at radius 2 is 1.91 bits per heavy atom. The van der Waals surface area contributed by atoms with Gasteiger partial charge in [0.25, 0.3) is 0 Å². The van der Waals surface area contributed by atoms with E-state index in [4.69, 9.17) is 10.2 Å². The first-order chi connectivity index (χ1) is 15.9. The largest absolute Gasteiger partial charge is 0.424 e. The van der Waals surface area contributed by atoms with Crippen LogP contribution in [0.15, 0.2) is 58.0 Å². The molecule has 5 aromatic rings. The van der Waals surface area contributed by atoms with E-state index in [1.807, 2.05) is 0 Å². The van der Waals surface area contributed by atoms with Gasteiger partial charge in [0.2, 0.25) is 0 Å². The Balaban J connectivity index is 1.86. The van der Waals surface area contributed by atoms with Gasteiger partial charge in [-0.05, 0) is 43.7 Å². The maximum atomic E-state index is 14.4. The molecule has 1 atom stereocenters. The lowest BCUT2D eigenvalue weighted by Gasteiger charge is -2.18. The summed E-state index contributed by atoms with van der Waals surface area (Å²) >= 11 is 0. The summed E-state index contributed by atoms with van der Waals surface area (Å²) in [5.74, 6) is -0.0380. The van der Waals surface area contributed by atoms with E-state index in [0.29, 0.717) is 44.9 Å². The molecule has 0 saturated carbocycles. The van der Waals surface area contributed by atoms with E-state index < -0.39 is 17.5 Å². The van der Waals surface area contributed by atoms with Gasteiger partial charge in [-0.3, -0.25) is 4.79 Å². The maximum Gasteiger partial charge on any atom is 0.343 e. The van der Waals surface area contributed by atoms with Crippen LogP contribution >= 0.6 is 0 Å². The molecule has 8 nitrogen and oxygen atoms in total. The van der Waals surface area contributed by atoms with Crippen LogP contribution in [-0.4, -0.2) is 26.0 Å². The summed E-state index contributed by atoms with van der Waals surface area (Å²) in [6.07, 6.45) is 1.91. The van der Waals surface area contributed by atoms with Gasteiger partial charge in [-0.15, -0.1) is 0 Å². The second-order valence-corrected chi connectivity index (χ2v) is 7.73. The van der Waals surface area contributed by atoms with E-state index in [1.54, 1.807) is 48.9 Å². The fourth-order valence-corrected chi connectivity index (χ4v) is 4.18. The van der Waals surface area contributed by atoms with Crippen LogP contribution in [0.1, 0.15) is 34.8 Å². The SMILES string of the molecule is Cc1nn(C(C)c2oc(=O)c3ccccc3c2-c2cc(F)cc(C=O)c2)c2ncnc(N)c12. The van der Waals surface area contributed by atoms with Crippen molar-refractivity contribution in [2.24, 2.45) is 0 Å². The van der Waals surface area contributed by atoms with Crippen molar-refractivity contribution in [1.82, 2.24) is 19.7 Å². The number of aldehydes is 1. The molecule has 5 rings (SSSR count). The maximum absolute atomic E-state index is 14.4. The Kier molecular flexibility index (Phi) is 4.74. The molecule has 0 spiro atoms. The molecule has 2 aromatic carbocycles. The van der Waals surface area contributed by atoms with Crippen LogP contribution in [0.3, 0.4) is 0 Å². The average Bonchev–Trinajstić information content (AvgIpc) is 3.15. The van der Waals surface area contributed by atoms with Gasteiger partial charge in [-0.1, -0.05) is 18.2 Å². The zero-order valence-corrected chi connectivity index (χ0v) is 17.7. The Morgan fingerprint density at radius 1 is 1.15 bits per heavy atom. The second kappa shape index (κ2) is 7.63. The van der Waals surface area contributed by atoms with Gasteiger partial charge in [-0.25, -0.2) is 23.8 Å². The van der Waals surface area contributed by atoms with Crippen molar-refractivity contribution in [3.05, 3.63) is 82.0 Å². The number of carbonyl (C=O) groups excluding carboxylic acids is 1. The van der Waals surface area contributed by atoms with E-state index in [1.165, 1.54) is 12.4 Å². The highest BCUT2D eigenvalue weighted by Gasteiger charge is 2.25. The minimum atomic E-state index is -0.620. The van der Waals surface area contributed by atoms with Gasteiger partial charge in [0.1, 0.15) is 36.1 Å². The Hall–Kier alpha value is -4.40. The number of hydrogen-bond donors (Lipinski definition) is 1. The zero-order chi connectivity index (χ0) is 23.3. The lowest BCUT2D eigenvalue weighted by Crippen LogP contribution is -2.14.